The minimum absolute atomic E-state index is 0.0739. The highest BCUT2D eigenvalue weighted by Crippen LogP contribution is 2.55. The fourth-order valence-electron chi connectivity index (χ4n) is 2.85. The highest BCUT2D eigenvalue weighted by Gasteiger charge is 2.55. The van der Waals surface area contributed by atoms with Crippen LogP contribution in [0, 0.1) is 5.41 Å². The van der Waals surface area contributed by atoms with Gasteiger partial charge < -0.3 is 5.11 Å². The summed E-state index contributed by atoms with van der Waals surface area (Å²) in [4.78, 5) is 11.5. The van der Waals surface area contributed by atoms with Crippen LogP contribution in [0.1, 0.15) is 32.3 Å². The SMILES string of the molecule is CC1(C)CC(C(=O)O)(c2ccc(Cl)c(Cl)c2)C1. The van der Waals surface area contributed by atoms with Crippen molar-refractivity contribution in [3.63, 3.8) is 0 Å². The van der Waals surface area contributed by atoms with Crippen molar-refractivity contribution in [2.75, 3.05) is 0 Å². The number of hydrogen-bond donors (Lipinski definition) is 1. The maximum Gasteiger partial charge on any atom is 0.314 e. The summed E-state index contributed by atoms with van der Waals surface area (Å²) in [5.41, 5.74) is 0.0288. The van der Waals surface area contributed by atoms with Crippen molar-refractivity contribution in [1.82, 2.24) is 0 Å². The Morgan fingerprint density at radius 2 is 1.82 bits per heavy atom. The van der Waals surface area contributed by atoms with Gasteiger partial charge in [0.1, 0.15) is 0 Å². The first-order valence-electron chi connectivity index (χ1n) is 5.46. The van der Waals surface area contributed by atoms with Crippen LogP contribution in [-0.4, -0.2) is 11.1 Å². The lowest BCUT2D eigenvalue weighted by molar-refractivity contribution is -0.153. The Labute approximate surface area is 111 Å². The zero-order valence-corrected chi connectivity index (χ0v) is 11.3. The Bertz CT molecular complexity index is 472. The smallest absolute Gasteiger partial charge is 0.314 e. The minimum Gasteiger partial charge on any atom is -0.481 e. The van der Waals surface area contributed by atoms with E-state index in [4.69, 9.17) is 23.2 Å². The maximum absolute atomic E-state index is 11.5. The van der Waals surface area contributed by atoms with Crippen molar-refractivity contribution in [2.45, 2.75) is 32.1 Å². The van der Waals surface area contributed by atoms with E-state index in [1.165, 1.54) is 0 Å². The number of benzene rings is 1. The molecule has 1 fully saturated rings. The molecule has 1 aliphatic carbocycles. The van der Waals surface area contributed by atoms with Crippen LogP contribution in [0.2, 0.25) is 10.0 Å². The van der Waals surface area contributed by atoms with Crippen molar-refractivity contribution in [3.8, 4) is 0 Å². The van der Waals surface area contributed by atoms with Crippen LogP contribution in [0.15, 0.2) is 18.2 Å². The van der Waals surface area contributed by atoms with Crippen molar-refractivity contribution >= 4 is 29.2 Å². The monoisotopic (exact) mass is 272 g/mol. The lowest BCUT2D eigenvalue weighted by atomic mass is 9.52. The molecule has 92 valence electrons. The summed E-state index contributed by atoms with van der Waals surface area (Å²) in [5, 5.41) is 10.3. The number of hydrogen-bond acceptors (Lipinski definition) is 1. The Kier molecular flexibility index (Phi) is 2.91. The molecule has 1 N–H and O–H groups in total. The number of halogens is 2. The normalized spacial score (nSPS) is 20.7. The molecule has 0 unspecified atom stereocenters. The second-order valence-electron chi connectivity index (χ2n) is 5.53. The summed E-state index contributed by atoms with van der Waals surface area (Å²) < 4.78 is 0. The molecular weight excluding hydrogens is 259 g/mol. The number of carbonyl (C=O) groups is 1. The van der Waals surface area contributed by atoms with Crippen molar-refractivity contribution in [2.24, 2.45) is 5.41 Å². The number of carboxylic acids is 1. The lowest BCUT2D eigenvalue weighted by Crippen LogP contribution is -2.52. The summed E-state index contributed by atoms with van der Waals surface area (Å²) in [6, 6.07) is 5.10. The van der Waals surface area contributed by atoms with Gasteiger partial charge in [0.25, 0.3) is 0 Å². The third-order valence-corrected chi connectivity index (χ3v) is 4.18. The predicted molar refractivity (Wildman–Crippen MR) is 68.8 cm³/mol. The van der Waals surface area contributed by atoms with E-state index in [0.29, 0.717) is 22.9 Å². The molecule has 2 rings (SSSR count). The highest BCUT2D eigenvalue weighted by atomic mass is 35.5. The Hall–Kier alpha value is -0.730. The van der Waals surface area contributed by atoms with Crippen molar-refractivity contribution in [1.29, 1.82) is 0 Å². The third-order valence-electron chi connectivity index (χ3n) is 3.44. The molecule has 2 nitrogen and oxygen atoms in total. The van der Waals surface area contributed by atoms with Crippen LogP contribution in [0.3, 0.4) is 0 Å². The van der Waals surface area contributed by atoms with Crippen molar-refractivity contribution < 1.29 is 9.90 Å². The van der Waals surface area contributed by atoms with Gasteiger partial charge in [-0.3, -0.25) is 4.79 Å². The average Bonchev–Trinajstić information content (AvgIpc) is 2.17. The summed E-state index contributed by atoms with van der Waals surface area (Å²) in [7, 11) is 0. The van der Waals surface area contributed by atoms with Gasteiger partial charge in [-0.2, -0.15) is 0 Å². The van der Waals surface area contributed by atoms with E-state index >= 15 is 0 Å². The summed E-state index contributed by atoms with van der Waals surface area (Å²) in [5.74, 6) is -0.782. The molecule has 4 heteroatoms. The fourth-order valence-corrected chi connectivity index (χ4v) is 3.15. The molecule has 1 aliphatic rings. The molecule has 0 amide bonds. The quantitative estimate of drug-likeness (QED) is 0.879. The molecular formula is C13H14Cl2O2. The van der Waals surface area contributed by atoms with Crippen LogP contribution in [-0.2, 0) is 10.2 Å². The van der Waals surface area contributed by atoms with E-state index in [2.05, 4.69) is 13.8 Å². The van der Waals surface area contributed by atoms with Gasteiger partial charge in [-0.1, -0.05) is 43.1 Å². The molecule has 0 bridgehead atoms. The van der Waals surface area contributed by atoms with E-state index in [0.717, 1.165) is 5.56 Å². The fraction of sp³-hybridized carbons (Fsp3) is 0.462. The van der Waals surface area contributed by atoms with Crippen LogP contribution >= 0.6 is 23.2 Å². The standard InChI is InChI=1S/C13H14Cl2O2/c1-12(2)6-13(7-12,11(16)17)8-3-4-9(14)10(15)5-8/h3-5H,6-7H2,1-2H3,(H,16,17). The molecule has 0 aliphatic heterocycles. The minimum atomic E-state index is -0.794. The van der Waals surface area contributed by atoms with Crippen LogP contribution in [0.5, 0.6) is 0 Å². The Balaban J connectivity index is 2.42. The van der Waals surface area contributed by atoms with Crippen LogP contribution < -0.4 is 0 Å². The van der Waals surface area contributed by atoms with Gasteiger partial charge in [-0.25, -0.2) is 0 Å². The Morgan fingerprint density at radius 1 is 1.24 bits per heavy atom. The van der Waals surface area contributed by atoms with Gasteiger partial charge in [0.15, 0.2) is 0 Å². The number of aliphatic carboxylic acids is 1. The molecule has 0 heterocycles. The van der Waals surface area contributed by atoms with E-state index in [-0.39, 0.29) is 5.41 Å². The van der Waals surface area contributed by atoms with Gasteiger partial charge in [0.2, 0.25) is 0 Å². The molecule has 17 heavy (non-hydrogen) atoms. The Morgan fingerprint density at radius 3 is 2.24 bits per heavy atom. The predicted octanol–water partition coefficient (Wildman–Crippen LogP) is 4.14. The molecule has 0 saturated heterocycles. The second kappa shape index (κ2) is 3.89. The largest absolute Gasteiger partial charge is 0.481 e. The first-order valence-corrected chi connectivity index (χ1v) is 6.21. The number of carboxylic acid groups (broad SMARTS) is 1. The summed E-state index contributed by atoms with van der Waals surface area (Å²) in [6.07, 6.45) is 1.26. The third kappa shape index (κ3) is 2.04. The maximum atomic E-state index is 11.5. The van der Waals surface area contributed by atoms with E-state index in [9.17, 15) is 9.90 Å². The topological polar surface area (TPSA) is 37.3 Å². The zero-order chi connectivity index (χ0) is 12.8. The molecule has 1 aromatic carbocycles. The highest BCUT2D eigenvalue weighted by molar-refractivity contribution is 6.42. The first-order chi connectivity index (χ1) is 7.77. The number of rotatable bonds is 2. The van der Waals surface area contributed by atoms with E-state index < -0.39 is 11.4 Å². The van der Waals surface area contributed by atoms with E-state index in [1.54, 1.807) is 18.2 Å². The summed E-state index contributed by atoms with van der Waals surface area (Å²) >= 11 is 11.8. The van der Waals surface area contributed by atoms with Crippen LogP contribution in [0.4, 0.5) is 0 Å². The molecule has 1 aromatic rings. The molecule has 0 spiro atoms. The zero-order valence-electron chi connectivity index (χ0n) is 9.76. The summed E-state index contributed by atoms with van der Waals surface area (Å²) in [6.45, 7) is 4.15. The molecule has 0 radical (unpaired) electrons. The first kappa shape index (κ1) is 12.7. The van der Waals surface area contributed by atoms with Crippen molar-refractivity contribution in [3.05, 3.63) is 33.8 Å². The second-order valence-corrected chi connectivity index (χ2v) is 6.35. The van der Waals surface area contributed by atoms with Gasteiger partial charge in [0.05, 0.1) is 15.5 Å². The molecule has 0 aromatic heterocycles. The lowest BCUT2D eigenvalue weighted by Gasteiger charge is -2.50. The van der Waals surface area contributed by atoms with Gasteiger partial charge in [-0.05, 0) is 36.0 Å². The van der Waals surface area contributed by atoms with Gasteiger partial charge >= 0.3 is 5.97 Å². The average molecular weight is 273 g/mol. The van der Waals surface area contributed by atoms with Crippen LogP contribution in [0.25, 0.3) is 0 Å². The van der Waals surface area contributed by atoms with E-state index in [1.807, 2.05) is 0 Å². The van der Waals surface area contributed by atoms with Gasteiger partial charge in [-0.15, -0.1) is 0 Å². The molecule has 1 saturated carbocycles. The molecule has 0 atom stereocenters. The van der Waals surface area contributed by atoms with Gasteiger partial charge in [0, 0.05) is 0 Å².